The molecule has 1 heterocycles. The SMILES string of the molecule is CC(n1cncc1CN)C(C)(C)C. The van der Waals surface area contributed by atoms with Crippen molar-refractivity contribution in [3.8, 4) is 0 Å². The molecule has 0 aliphatic rings. The number of imidazole rings is 1. The quantitative estimate of drug-likeness (QED) is 0.757. The van der Waals surface area contributed by atoms with Crippen molar-refractivity contribution in [1.82, 2.24) is 9.55 Å². The molecule has 0 aliphatic heterocycles. The molecule has 0 spiro atoms. The van der Waals surface area contributed by atoms with Gasteiger partial charge in [0.2, 0.25) is 0 Å². The molecule has 1 unspecified atom stereocenters. The first kappa shape index (κ1) is 10.3. The van der Waals surface area contributed by atoms with Crippen LogP contribution < -0.4 is 5.73 Å². The van der Waals surface area contributed by atoms with Crippen molar-refractivity contribution >= 4 is 0 Å². The second-order valence-corrected chi connectivity index (χ2v) is 4.54. The normalized spacial score (nSPS) is 14.5. The first-order valence-corrected chi connectivity index (χ1v) is 4.67. The molecule has 13 heavy (non-hydrogen) atoms. The molecule has 0 fully saturated rings. The predicted octanol–water partition coefficient (Wildman–Crippen LogP) is 1.95. The molecule has 3 heteroatoms. The van der Waals surface area contributed by atoms with E-state index in [0.717, 1.165) is 5.69 Å². The second-order valence-electron chi connectivity index (χ2n) is 4.54. The zero-order valence-electron chi connectivity index (χ0n) is 8.91. The molecule has 74 valence electrons. The number of nitrogens with two attached hydrogens (primary N) is 1. The Labute approximate surface area is 80.0 Å². The molecule has 0 saturated carbocycles. The minimum absolute atomic E-state index is 0.241. The highest BCUT2D eigenvalue weighted by Crippen LogP contribution is 2.30. The lowest BCUT2D eigenvalue weighted by molar-refractivity contribution is 0.258. The Morgan fingerprint density at radius 3 is 2.62 bits per heavy atom. The highest BCUT2D eigenvalue weighted by Gasteiger charge is 2.22. The van der Waals surface area contributed by atoms with Crippen molar-refractivity contribution in [2.45, 2.75) is 40.3 Å². The standard InChI is InChI=1S/C10H19N3/c1-8(10(2,3)4)13-7-12-6-9(13)5-11/h6-8H,5,11H2,1-4H3. The summed E-state index contributed by atoms with van der Waals surface area (Å²) in [6.45, 7) is 9.41. The Hall–Kier alpha value is -0.830. The maximum atomic E-state index is 5.62. The highest BCUT2D eigenvalue weighted by atomic mass is 15.1. The number of hydrogen-bond acceptors (Lipinski definition) is 2. The Morgan fingerprint density at radius 2 is 2.15 bits per heavy atom. The number of rotatable bonds is 2. The summed E-state index contributed by atoms with van der Waals surface area (Å²) in [5.74, 6) is 0. The molecule has 0 radical (unpaired) electrons. The lowest BCUT2D eigenvalue weighted by Crippen LogP contribution is -2.23. The topological polar surface area (TPSA) is 43.8 Å². The first-order valence-electron chi connectivity index (χ1n) is 4.67. The molecule has 0 aromatic carbocycles. The van der Waals surface area contributed by atoms with E-state index in [1.54, 1.807) is 0 Å². The average molecular weight is 181 g/mol. The fraction of sp³-hybridized carbons (Fsp3) is 0.700. The summed E-state index contributed by atoms with van der Waals surface area (Å²) in [6.07, 6.45) is 3.69. The van der Waals surface area contributed by atoms with Crippen molar-refractivity contribution in [3.63, 3.8) is 0 Å². The van der Waals surface area contributed by atoms with Gasteiger partial charge in [-0.2, -0.15) is 0 Å². The van der Waals surface area contributed by atoms with Crippen LogP contribution in [0, 0.1) is 5.41 Å². The van der Waals surface area contributed by atoms with Crippen LogP contribution in [0.25, 0.3) is 0 Å². The van der Waals surface area contributed by atoms with Gasteiger partial charge in [-0.25, -0.2) is 4.98 Å². The maximum absolute atomic E-state index is 5.62. The molecule has 1 aromatic rings. The van der Waals surface area contributed by atoms with E-state index >= 15 is 0 Å². The van der Waals surface area contributed by atoms with E-state index in [4.69, 9.17) is 5.73 Å². The fourth-order valence-electron chi connectivity index (χ4n) is 1.26. The molecule has 1 aromatic heterocycles. The summed E-state index contributed by atoms with van der Waals surface area (Å²) in [5, 5.41) is 0. The summed E-state index contributed by atoms with van der Waals surface area (Å²) in [7, 11) is 0. The molecular formula is C10H19N3. The van der Waals surface area contributed by atoms with Gasteiger partial charge in [0, 0.05) is 18.8 Å². The smallest absolute Gasteiger partial charge is 0.0951 e. The van der Waals surface area contributed by atoms with Gasteiger partial charge < -0.3 is 10.3 Å². The molecule has 1 rings (SSSR count). The molecule has 0 aliphatic carbocycles. The molecule has 2 N–H and O–H groups in total. The highest BCUT2D eigenvalue weighted by molar-refractivity contribution is 5.00. The van der Waals surface area contributed by atoms with Crippen LogP contribution in [0.3, 0.4) is 0 Å². The van der Waals surface area contributed by atoms with Crippen LogP contribution in [0.1, 0.15) is 39.4 Å². The zero-order valence-corrected chi connectivity index (χ0v) is 8.91. The third-order valence-corrected chi connectivity index (χ3v) is 2.63. The van der Waals surface area contributed by atoms with Crippen molar-refractivity contribution in [2.75, 3.05) is 0 Å². The third-order valence-electron chi connectivity index (χ3n) is 2.63. The predicted molar refractivity (Wildman–Crippen MR) is 54.3 cm³/mol. The van der Waals surface area contributed by atoms with Crippen LogP contribution in [0.4, 0.5) is 0 Å². The van der Waals surface area contributed by atoms with Gasteiger partial charge in [0.25, 0.3) is 0 Å². The summed E-state index contributed by atoms with van der Waals surface area (Å²) in [6, 6.07) is 0.425. The summed E-state index contributed by atoms with van der Waals surface area (Å²) in [5.41, 5.74) is 6.96. The molecular weight excluding hydrogens is 162 g/mol. The van der Waals surface area contributed by atoms with Crippen molar-refractivity contribution < 1.29 is 0 Å². The van der Waals surface area contributed by atoms with Gasteiger partial charge in [0.15, 0.2) is 0 Å². The fourth-order valence-corrected chi connectivity index (χ4v) is 1.26. The van der Waals surface area contributed by atoms with E-state index in [1.807, 2.05) is 12.5 Å². The van der Waals surface area contributed by atoms with Crippen molar-refractivity contribution in [2.24, 2.45) is 11.1 Å². The first-order chi connectivity index (χ1) is 5.96. The summed E-state index contributed by atoms with van der Waals surface area (Å²) in [4.78, 5) is 4.11. The van der Waals surface area contributed by atoms with E-state index in [-0.39, 0.29) is 5.41 Å². The summed E-state index contributed by atoms with van der Waals surface area (Å²) < 4.78 is 2.15. The second kappa shape index (κ2) is 3.50. The van der Waals surface area contributed by atoms with E-state index in [0.29, 0.717) is 12.6 Å². The van der Waals surface area contributed by atoms with E-state index < -0.39 is 0 Å². The molecule has 0 saturated heterocycles. The van der Waals surface area contributed by atoms with Gasteiger partial charge in [-0.1, -0.05) is 20.8 Å². The van der Waals surface area contributed by atoms with Crippen LogP contribution in [-0.4, -0.2) is 9.55 Å². The van der Waals surface area contributed by atoms with Crippen LogP contribution in [0.5, 0.6) is 0 Å². The van der Waals surface area contributed by atoms with Gasteiger partial charge in [0.05, 0.1) is 12.0 Å². The third kappa shape index (κ3) is 2.10. The largest absolute Gasteiger partial charge is 0.330 e. The minimum atomic E-state index is 0.241. The van der Waals surface area contributed by atoms with Crippen molar-refractivity contribution in [3.05, 3.63) is 18.2 Å². The van der Waals surface area contributed by atoms with Crippen LogP contribution in [-0.2, 0) is 6.54 Å². The van der Waals surface area contributed by atoms with Gasteiger partial charge in [-0.3, -0.25) is 0 Å². The van der Waals surface area contributed by atoms with Gasteiger partial charge in [0.1, 0.15) is 0 Å². The zero-order chi connectivity index (χ0) is 10.1. The maximum Gasteiger partial charge on any atom is 0.0951 e. The minimum Gasteiger partial charge on any atom is -0.330 e. The van der Waals surface area contributed by atoms with Crippen LogP contribution in [0.2, 0.25) is 0 Å². The van der Waals surface area contributed by atoms with Crippen LogP contribution in [0.15, 0.2) is 12.5 Å². The summed E-state index contributed by atoms with van der Waals surface area (Å²) >= 11 is 0. The van der Waals surface area contributed by atoms with E-state index in [2.05, 4.69) is 37.2 Å². The molecule has 0 amide bonds. The Bertz CT molecular complexity index is 270. The Morgan fingerprint density at radius 1 is 1.54 bits per heavy atom. The van der Waals surface area contributed by atoms with E-state index in [9.17, 15) is 0 Å². The van der Waals surface area contributed by atoms with Gasteiger partial charge in [-0.15, -0.1) is 0 Å². The lowest BCUT2D eigenvalue weighted by Gasteiger charge is -2.29. The van der Waals surface area contributed by atoms with Crippen molar-refractivity contribution in [1.29, 1.82) is 0 Å². The number of nitrogens with zero attached hydrogens (tertiary/aromatic N) is 2. The van der Waals surface area contributed by atoms with Crippen LogP contribution >= 0.6 is 0 Å². The molecule has 3 nitrogen and oxygen atoms in total. The lowest BCUT2D eigenvalue weighted by atomic mass is 9.88. The average Bonchev–Trinajstić information content (AvgIpc) is 2.48. The monoisotopic (exact) mass is 181 g/mol. The Balaban J connectivity index is 2.94. The molecule has 1 atom stereocenters. The molecule has 0 bridgehead atoms. The number of hydrogen-bond donors (Lipinski definition) is 1. The number of aromatic nitrogens is 2. The van der Waals surface area contributed by atoms with E-state index in [1.165, 1.54) is 0 Å². The van der Waals surface area contributed by atoms with Gasteiger partial charge >= 0.3 is 0 Å². The van der Waals surface area contributed by atoms with Gasteiger partial charge in [-0.05, 0) is 12.3 Å². The Kier molecular flexibility index (Phi) is 2.76.